The first-order valence-electron chi connectivity index (χ1n) is 4.40. The summed E-state index contributed by atoms with van der Waals surface area (Å²) in [5.41, 5.74) is 2.49. The molecule has 0 N–H and O–H groups in total. The van der Waals surface area contributed by atoms with Crippen molar-refractivity contribution in [3.05, 3.63) is 72.2 Å². The minimum absolute atomic E-state index is 0. The van der Waals surface area contributed by atoms with Crippen LogP contribution in [0.3, 0.4) is 0 Å². The van der Waals surface area contributed by atoms with Gasteiger partial charge in [0.05, 0.1) is 5.57 Å². The molecule has 1 heteroatoms. The lowest BCUT2D eigenvalue weighted by molar-refractivity contribution is -0.00000246. The van der Waals surface area contributed by atoms with Crippen LogP contribution in [0.25, 0.3) is 6.08 Å². The third kappa shape index (κ3) is 2.93. The van der Waals surface area contributed by atoms with Crippen LogP contribution in [0.15, 0.2) is 60.2 Å². The van der Waals surface area contributed by atoms with Crippen molar-refractivity contribution >= 4 is 6.08 Å². The van der Waals surface area contributed by atoms with E-state index in [0.29, 0.717) is 0 Å². The van der Waals surface area contributed by atoms with Crippen molar-refractivity contribution in [2.24, 2.45) is 0 Å². The summed E-state index contributed by atoms with van der Waals surface area (Å²) in [7, 11) is 0. The average Bonchev–Trinajstić information content (AvgIpc) is 2.21. The van der Waals surface area contributed by atoms with Crippen LogP contribution < -0.4 is 17.0 Å². The van der Waals surface area contributed by atoms with Gasteiger partial charge in [-0.2, -0.15) is 0 Å². The van der Waals surface area contributed by atoms with Gasteiger partial charge in [0.1, 0.15) is 0 Å². The predicted molar refractivity (Wildman–Crippen MR) is 57.0 cm³/mol. The largest absolute Gasteiger partial charge is 1.00 e. The first kappa shape index (κ1) is 10.9. The maximum atomic E-state index is 2.17. The lowest BCUT2D eigenvalue weighted by atomic mass is 10.0. The van der Waals surface area contributed by atoms with Gasteiger partial charge in [-0.25, -0.2) is 0 Å². The summed E-state index contributed by atoms with van der Waals surface area (Å²) >= 11 is 0. The quantitative estimate of drug-likeness (QED) is 0.630. The Morgan fingerprint density at radius 1 is 1.00 bits per heavy atom. The van der Waals surface area contributed by atoms with E-state index < -0.39 is 0 Å². The number of hydrogen-bond acceptors (Lipinski definition) is 0. The van der Waals surface area contributed by atoms with Crippen molar-refractivity contribution in [2.45, 2.75) is 0 Å². The molecule has 1 aliphatic carbocycles. The molecule has 0 fully saturated rings. The summed E-state index contributed by atoms with van der Waals surface area (Å²) in [6.45, 7) is 0. The molecular formula is C13H11Br. The molecule has 0 amide bonds. The molecule has 0 atom stereocenters. The Balaban J connectivity index is 0.000000980. The van der Waals surface area contributed by atoms with Crippen LogP contribution in [-0.2, 0) is 0 Å². The van der Waals surface area contributed by atoms with Crippen molar-refractivity contribution < 1.29 is 17.0 Å². The van der Waals surface area contributed by atoms with E-state index in [1.807, 2.05) is 12.1 Å². The minimum atomic E-state index is 0. The molecule has 0 heterocycles. The SMILES string of the molecule is C1=C[CH+]C(=Cc2ccccc2)C=C1.[Br-]. The molecule has 1 aromatic carbocycles. The first-order chi connectivity index (χ1) is 6.45. The van der Waals surface area contributed by atoms with Gasteiger partial charge in [0.25, 0.3) is 0 Å². The van der Waals surface area contributed by atoms with Gasteiger partial charge in [-0.3, -0.25) is 0 Å². The van der Waals surface area contributed by atoms with Crippen molar-refractivity contribution in [3.8, 4) is 0 Å². The summed E-state index contributed by atoms with van der Waals surface area (Å²) in [5.74, 6) is 0. The number of allylic oxidation sites excluding steroid dienone is 5. The summed E-state index contributed by atoms with van der Waals surface area (Å²) in [5, 5.41) is 0. The highest BCUT2D eigenvalue weighted by atomic mass is 79.9. The maximum absolute atomic E-state index is 2.17. The number of benzene rings is 1. The zero-order chi connectivity index (χ0) is 8.93. The lowest BCUT2D eigenvalue weighted by Gasteiger charge is -1.93. The van der Waals surface area contributed by atoms with Crippen LogP contribution in [0.2, 0.25) is 0 Å². The normalized spacial score (nSPS) is 16.1. The standard InChI is InChI=1S/C13H11.BrH/c1-3-7-12(8-4-1)11-13-9-5-2-6-10-13;/h1-11H;1H/q+1;/p-1. The highest BCUT2D eigenvalue weighted by molar-refractivity contribution is 5.60. The van der Waals surface area contributed by atoms with Crippen molar-refractivity contribution in [3.63, 3.8) is 0 Å². The molecule has 14 heavy (non-hydrogen) atoms. The Morgan fingerprint density at radius 2 is 1.79 bits per heavy atom. The van der Waals surface area contributed by atoms with E-state index >= 15 is 0 Å². The number of halogens is 1. The average molecular weight is 247 g/mol. The molecule has 0 bridgehead atoms. The summed E-state index contributed by atoms with van der Waals surface area (Å²) in [6, 6.07) is 10.3. The minimum Gasteiger partial charge on any atom is -1.00 e. The second-order valence-corrected chi connectivity index (χ2v) is 2.97. The van der Waals surface area contributed by atoms with E-state index in [4.69, 9.17) is 0 Å². The molecular weight excluding hydrogens is 236 g/mol. The molecule has 1 aliphatic rings. The van der Waals surface area contributed by atoms with Gasteiger partial charge < -0.3 is 17.0 Å². The van der Waals surface area contributed by atoms with E-state index in [9.17, 15) is 0 Å². The van der Waals surface area contributed by atoms with E-state index in [1.165, 1.54) is 11.1 Å². The lowest BCUT2D eigenvalue weighted by Crippen LogP contribution is -3.00. The highest BCUT2D eigenvalue weighted by Crippen LogP contribution is 2.13. The maximum Gasteiger partial charge on any atom is 0.0967 e. The molecule has 0 saturated heterocycles. The summed E-state index contributed by atoms with van der Waals surface area (Å²) in [4.78, 5) is 0. The zero-order valence-electron chi connectivity index (χ0n) is 7.73. The second kappa shape index (κ2) is 5.51. The van der Waals surface area contributed by atoms with Gasteiger partial charge in [0.2, 0.25) is 0 Å². The molecule has 0 aliphatic heterocycles. The van der Waals surface area contributed by atoms with Crippen LogP contribution in [-0.4, -0.2) is 0 Å². The van der Waals surface area contributed by atoms with Gasteiger partial charge >= 0.3 is 0 Å². The Kier molecular flexibility index (Phi) is 4.27. The Hall–Kier alpha value is -1.21. The zero-order valence-corrected chi connectivity index (χ0v) is 9.31. The Morgan fingerprint density at radius 3 is 2.43 bits per heavy atom. The van der Waals surface area contributed by atoms with Crippen molar-refractivity contribution in [1.29, 1.82) is 0 Å². The summed E-state index contributed by atoms with van der Waals surface area (Å²) in [6.07, 6.45) is 12.5. The highest BCUT2D eigenvalue weighted by Gasteiger charge is 2.01. The van der Waals surface area contributed by atoms with E-state index in [-0.39, 0.29) is 17.0 Å². The first-order valence-corrected chi connectivity index (χ1v) is 4.40. The fourth-order valence-electron chi connectivity index (χ4n) is 1.29. The fraction of sp³-hybridized carbons (Fsp3) is 0. The Bertz CT molecular complexity index is 358. The topological polar surface area (TPSA) is 0 Å². The van der Waals surface area contributed by atoms with Gasteiger partial charge in [-0.1, -0.05) is 18.2 Å². The van der Waals surface area contributed by atoms with Gasteiger partial charge in [-0.05, 0) is 12.1 Å². The van der Waals surface area contributed by atoms with E-state index in [0.717, 1.165) is 0 Å². The predicted octanol–water partition coefficient (Wildman–Crippen LogP) is 0.404. The van der Waals surface area contributed by atoms with E-state index in [1.54, 1.807) is 0 Å². The monoisotopic (exact) mass is 246 g/mol. The third-order valence-corrected chi connectivity index (χ3v) is 1.93. The van der Waals surface area contributed by atoms with Crippen LogP contribution in [0.5, 0.6) is 0 Å². The third-order valence-electron chi connectivity index (χ3n) is 1.93. The molecule has 1 aromatic rings. The second-order valence-electron chi connectivity index (χ2n) is 2.97. The Labute approximate surface area is 95.4 Å². The summed E-state index contributed by atoms with van der Waals surface area (Å²) < 4.78 is 0. The molecule has 0 aromatic heterocycles. The number of rotatable bonds is 1. The van der Waals surface area contributed by atoms with Crippen LogP contribution in [0.1, 0.15) is 5.56 Å². The van der Waals surface area contributed by atoms with Gasteiger partial charge in [0, 0.05) is 42.4 Å². The molecule has 0 saturated carbocycles. The van der Waals surface area contributed by atoms with Gasteiger partial charge in [0.15, 0.2) is 0 Å². The van der Waals surface area contributed by atoms with Crippen LogP contribution in [0.4, 0.5) is 0 Å². The van der Waals surface area contributed by atoms with Crippen LogP contribution >= 0.6 is 0 Å². The molecule has 70 valence electrons. The smallest absolute Gasteiger partial charge is 0.0967 e. The molecule has 0 radical (unpaired) electrons. The molecule has 2 rings (SSSR count). The van der Waals surface area contributed by atoms with Gasteiger partial charge in [-0.15, -0.1) is 0 Å². The molecule has 0 nitrogen and oxygen atoms in total. The number of hydrogen-bond donors (Lipinski definition) is 0. The molecule has 0 spiro atoms. The molecule has 0 unspecified atom stereocenters. The van der Waals surface area contributed by atoms with Crippen LogP contribution in [0, 0.1) is 6.42 Å². The fourth-order valence-corrected chi connectivity index (χ4v) is 1.29. The van der Waals surface area contributed by atoms with E-state index in [2.05, 4.69) is 55.0 Å². The van der Waals surface area contributed by atoms with Crippen molar-refractivity contribution in [1.82, 2.24) is 0 Å². The van der Waals surface area contributed by atoms with Crippen molar-refractivity contribution in [2.75, 3.05) is 0 Å².